The molecule has 0 aromatic carbocycles. The molecule has 0 N–H and O–H groups in total. The van der Waals surface area contributed by atoms with Crippen molar-refractivity contribution < 1.29 is 0 Å². The van der Waals surface area contributed by atoms with Gasteiger partial charge in [0.2, 0.25) is 0 Å². The van der Waals surface area contributed by atoms with Crippen molar-refractivity contribution in [3.63, 3.8) is 0 Å². The molecule has 0 spiro atoms. The summed E-state index contributed by atoms with van der Waals surface area (Å²) in [5.41, 5.74) is 3.93. The highest BCUT2D eigenvalue weighted by molar-refractivity contribution is 5.25. The first-order valence-electron chi connectivity index (χ1n) is 5.47. The van der Waals surface area contributed by atoms with Gasteiger partial charge in [0, 0.05) is 0 Å². The molecule has 0 aliphatic heterocycles. The Morgan fingerprint density at radius 1 is 1.29 bits per heavy atom. The molecule has 0 radical (unpaired) electrons. The van der Waals surface area contributed by atoms with Crippen LogP contribution < -0.4 is 0 Å². The molecule has 0 saturated heterocycles. The van der Waals surface area contributed by atoms with Gasteiger partial charge >= 0.3 is 0 Å². The van der Waals surface area contributed by atoms with E-state index >= 15 is 0 Å². The second-order valence-electron chi connectivity index (χ2n) is 4.27. The fourth-order valence-corrected chi connectivity index (χ4v) is 1.16. The molecule has 0 heteroatoms. The van der Waals surface area contributed by atoms with E-state index < -0.39 is 0 Å². The number of hydrogen-bond acceptors (Lipinski definition) is 0. The molecular formula is C14H24. The van der Waals surface area contributed by atoms with E-state index in [0.29, 0.717) is 5.92 Å². The summed E-state index contributed by atoms with van der Waals surface area (Å²) in [5, 5.41) is 0. The second kappa shape index (κ2) is 6.64. The molecule has 0 heterocycles. The predicted molar refractivity (Wildman–Crippen MR) is 66.4 cm³/mol. The lowest BCUT2D eigenvalue weighted by molar-refractivity contribution is 0.691. The summed E-state index contributed by atoms with van der Waals surface area (Å²) >= 11 is 0. The Labute approximate surface area is 89.4 Å². The van der Waals surface area contributed by atoms with Gasteiger partial charge in [-0.2, -0.15) is 0 Å². The van der Waals surface area contributed by atoms with Crippen LogP contribution in [0.2, 0.25) is 0 Å². The smallest absolute Gasteiger partial charge is 0.0136 e. The van der Waals surface area contributed by atoms with Gasteiger partial charge in [-0.15, -0.1) is 0 Å². The Hall–Kier alpha value is -0.780. The lowest BCUT2D eigenvalue weighted by Crippen LogP contribution is -1.88. The van der Waals surface area contributed by atoms with Gasteiger partial charge in [-0.25, -0.2) is 0 Å². The summed E-state index contributed by atoms with van der Waals surface area (Å²) in [6.07, 6.45) is 6.91. The molecular weight excluding hydrogens is 168 g/mol. The Kier molecular flexibility index (Phi) is 6.27. The van der Waals surface area contributed by atoms with E-state index in [2.05, 4.69) is 53.3 Å². The minimum Gasteiger partial charge on any atom is -0.0959 e. The van der Waals surface area contributed by atoms with E-state index in [1.807, 2.05) is 0 Å². The zero-order valence-electron chi connectivity index (χ0n) is 10.4. The Morgan fingerprint density at radius 2 is 1.86 bits per heavy atom. The average molecular weight is 192 g/mol. The quantitative estimate of drug-likeness (QED) is 0.429. The van der Waals surface area contributed by atoms with Crippen LogP contribution >= 0.6 is 0 Å². The Balaban J connectivity index is 4.20. The highest BCUT2D eigenvalue weighted by Gasteiger charge is 1.95. The highest BCUT2D eigenvalue weighted by Crippen LogP contribution is 2.13. The van der Waals surface area contributed by atoms with Crippen molar-refractivity contribution in [3.8, 4) is 0 Å². The van der Waals surface area contributed by atoms with Crippen molar-refractivity contribution in [2.75, 3.05) is 0 Å². The average Bonchev–Trinajstić information content (AvgIpc) is 2.13. The first-order valence-corrected chi connectivity index (χ1v) is 5.47. The van der Waals surface area contributed by atoms with E-state index in [9.17, 15) is 0 Å². The fourth-order valence-electron chi connectivity index (χ4n) is 1.16. The van der Waals surface area contributed by atoms with Crippen LogP contribution in [0.1, 0.15) is 47.5 Å². The molecule has 0 saturated carbocycles. The Morgan fingerprint density at radius 3 is 2.29 bits per heavy atom. The molecule has 14 heavy (non-hydrogen) atoms. The van der Waals surface area contributed by atoms with Crippen LogP contribution in [0.5, 0.6) is 0 Å². The van der Waals surface area contributed by atoms with E-state index in [0.717, 1.165) is 6.42 Å². The van der Waals surface area contributed by atoms with Crippen LogP contribution in [0.25, 0.3) is 0 Å². The molecule has 1 atom stereocenters. The maximum atomic E-state index is 3.92. The van der Waals surface area contributed by atoms with Crippen LogP contribution in [0.4, 0.5) is 0 Å². The lowest BCUT2D eigenvalue weighted by atomic mass is 10.0. The summed E-state index contributed by atoms with van der Waals surface area (Å²) in [5.74, 6) is 0.702. The molecule has 0 amide bonds. The van der Waals surface area contributed by atoms with Crippen molar-refractivity contribution in [2.24, 2.45) is 5.92 Å². The summed E-state index contributed by atoms with van der Waals surface area (Å²) in [7, 11) is 0. The fraction of sp³-hybridized carbons (Fsp3) is 0.571. The van der Waals surface area contributed by atoms with Gasteiger partial charge in [0.1, 0.15) is 0 Å². The lowest BCUT2D eigenvalue weighted by Gasteiger charge is -2.04. The van der Waals surface area contributed by atoms with Gasteiger partial charge in [-0.3, -0.25) is 0 Å². The molecule has 0 rings (SSSR count). The number of rotatable bonds is 5. The second-order valence-corrected chi connectivity index (χ2v) is 4.27. The summed E-state index contributed by atoms with van der Waals surface area (Å²) in [4.78, 5) is 0. The maximum Gasteiger partial charge on any atom is -0.0136 e. The van der Waals surface area contributed by atoms with Gasteiger partial charge in [-0.05, 0) is 33.1 Å². The molecule has 0 aromatic rings. The van der Waals surface area contributed by atoms with Crippen LogP contribution in [-0.2, 0) is 0 Å². The third-order valence-corrected chi connectivity index (χ3v) is 2.62. The van der Waals surface area contributed by atoms with Crippen LogP contribution in [0.3, 0.4) is 0 Å². The molecule has 0 bridgehead atoms. The highest BCUT2D eigenvalue weighted by atomic mass is 14.0. The first kappa shape index (κ1) is 13.2. The maximum absolute atomic E-state index is 3.92. The van der Waals surface area contributed by atoms with Crippen molar-refractivity contribution in [1.29, 1.82) is 0 Å². The minimum absolute atomic E-state index is 0.702. The summed E-state index contributed by atoms with van der Waals surface area (Å²) in [6.45, 7) is 14.8. The topological polar surface area (TPSA) is 0 Å². The first-order chi connectivity index (χ1) is 6.47. The minimum atomic E-state index is 0.702. The zero-order valence-corrected chi connectivity index (χ0v) is 10.4. The summed E-state index contributed by atoms with van der Waals surface area (Å²) in [6, 6.07) is 0. The van der Waals surface area contributed by atoms with Crippen LogP contribution in [-0.4, -0.2) is 0 Å². The van der Waals surface area contributed by atoms with Gasteiger partial charge in [0.15, 0.2) is 0 Å². The molecule has 0 aromatic heterocycles. The standard InChI is InChI=1S/C14H24/c1-7-12(4)10-13(5)8-9-14(6)11(2)3/h9-10,12H,2,7-8H2,1,3-6H3. The van der Waals surface area contributed by atoms with Crippen molar-refractivity contribution in [2.45, 2.75) is 47.5 Å². The molecule has 1 unspecified atom stereocenters. The van der Waals surface area contributed by atoms with Crippen molar-refractivity contribution in [1.82, 2.24) is 0 Å². The normalized spacial score (nSPS) is 15.5. The SMILES string of the molecule is C=C(C)C(C)=CCC(C)=CC(C)CC. The third-order valence-electron chi connectivity index (χ3n) is 2.62. The van der Waals surface area contributed by atoms with E-state index in [1.54, 1.807) is 0 Å². The molecule has 0 nitrogen and oxygen atoms in total. The van der Waals surface area contributed by atoms with Crippen molar-refractivity contribution in [3.05, 3.63) is 35.5 Å². The molecule has 0 fully saturated rings. The van der Waals surface area contributed by atoms with E-state index in [1.165, 1.54) is 23.1 Å². The number of allylic oxidation sites excluding steroid dienone is 5. The largest absolute Gasteiger partial charge is 0.0959 e. The zero-order chi connectivity index (χ0) is 11.1. The van der Waals surface area contributed by atoms with Crippen LogP contribution in [0.15, 0.2) is 35.5 Å². The van der Waals surface area contributed by atoms with E-state index in [-0.39, 0.29) is 0 Å². The van der Waals surface area contributed by atoms with Gasteiger partial charge in [-0.1, -0.05) is 55.7 Å². The van der Waals surface area contributed by atoms with E-state index in [4.69, 9.17) is 0 Å². The monoisotopic (exact) mass is 192 g/mol. The summed E-state index contributed by atoms with van der Waals surface area (Å²) < 4.78 is 0. The van der Waals surface area contributed by atoms with Gasteiger partial charge in [0.05, 0.1) is 0 Å². The predicted octanol–water partition coefficient (Wildman–Crippen LogP) is 4.89. The van der Waals surface area contributed by atoms with Crippen molar-refractivity contribution >= 4 is 0 Å². The molecule has 0 aliphatic carbocycles. The number of hydrogen-bond donors (Lipinski definition) is 0. The molecule has 80 valence electrons. The van der Waals surface area contributed by atoms with Gasteiger partial charge < -0.3 is 0 Å². The Bertz CT molecular complexity index is 241. The third kappa shape index (κ3) is 5.80. The van der Waals surface area contributed by atoms with Gasteiger partial charge in [0.25, 0.3) is 0 Å². The molecule has 0 aliphatic rings. The van der Waals surface area contributed by atoms with Crippen LogP contribution in [0, 0.1) is 5.92 Å².